The van der Waals surface area contributed by atoms with Crippen LogP contribution in [0, 0.1) is 6.92 Å². The lowest BCUT2D eigenvalue weighted by atomic mass is 9.95. The Morgan fingerprint density at radius 3 is 2.91 bits per heavy atom. The van der Waals surface area contributed by atoms with Gasteiger partial charge in [0.15, 0.2) is 0 Å². The zero-order valence-corrected chi connectivity index (χ0v) is 18.7. The van der Waals surface area contributed by atoms with Crippen LogP contribution in [-0.2, 0) is 9.53 Å². The molecule has 1 fully saturated rings. The minimum atomic E-state index is -0.531. The van der Waals surface area contributed by atoms with Gasteiger partial charge >= 0.3 is 0 Å². The highest BCUT2D eigenvalue weighted by atomic mass is 16.5. The minimum absolute atomic E-state index is 0.122. The molecular weight excluding hydrogens is 420 g/mol. The fourth-order valence-electron chi connectivity index (χ4n) is 4.69. The Kier molecular flexibility index (Phi) is 6.06. The van der Waals surface area contributed by atoms with Crippen LogP contribution in [0.4, 0.5) is 5.69 Å². The Morgan fingerprint density at radius 1 is 1.24 bits per heavy atom. The Labute approximate surface area is 192 Å². The molecule has 1 saturated heterocycles. The number of fused-ring (bicyclic) bond motifs is 2. The SMILES string of the molecule is Cc1c(C(=O)NCCCCN2CCOCC2)cn2ncnc(C3C(=O)Nc4ccccc43)c12. The third-order valence-corrected chi connectivity index (χ3v) is 6.46. The van der Waals surface area contributed by atoms with Crippen LogP contribution in [0.1, 0.15) is 45.9 Å². The molecule has 172 valence electrons. The monoisotopic (exact) mass is 448 g/mol. The van der Waals surface area contributed by atoms with Crippen LogP contribution in [0.5, 0.6) is 0 Å². The number of aromatic nitrogens is 3. The number of carbonyl (C=O) groups is 2. The molecule has 1 aromatic carbocycles. The highest BCUT2D eigenvalue weighted by Crippen LogP contribution is 2.38. The quantitative estimate of drug-likeness (QED) is 0.536. The van der Waals surface area contributed by atoms with Gasteiger partial charge in [0, 0.05) is 31.5 Å². The molecule has 3 aromatic rings. The Morgan fingerprint density at radius 2 is 2.06 bits per heavy atom. The third kappa shape index (κ3) is 4.21. The van der Waals surface area contributed by atoms with E-state index in [-0.39, 0.29) is 11.8 Å². The van der Waals surface area contributed by atoms with Crippen LogP contribution in [-0.4, -0.2) is 70.7 Å². The minimum Gasteiger partial charge on any atom is -0.379 e. The maximum Gasteiger partial charge on any atom is 0.253 e. The van der Waals surface area contributed by atoms with E-state index in [4.69, 9.17) is 4.74 Å². The highest BCUT2D eigenvalue weighted by Gasteiger charge is 2.35. The van der Waals surface area contributed by atoms with Gasteiger partial charge in [0.1, 0.15) is 12.2 Å². The molecule has 0 aliphatic carbocycles. The van der Waals surface area contributed by atoms with Gasteiger partial charge in [-0.3, -0.25) is 14.5 Å². The Hall–Kier alpha value is -3.30. The standard InChI is InChI=1S/C24H28N6O3/c1-16-18(23(31)25-8-4-5-9-29-10-12-33-13-11-29)14-30-22(16)21(26-15-27-30)20-17-6-2-3-7-19(17)28-24(20)32/h2-3,6-7,14-15,20H,4-5,8-13H2,1H3,(H,25,31)(H,28,32). The van der Waals surface area contributed by atoms with Crippen molar-refractivity contribution in [2.75, 3.05) is 44.7 Å². The molecule has 2 aliphatic rings. The number of hydrogen-bond donors (Lipinski definition) is 2. The maximum absolute atomic E-state index is 12.9. The van der Waals surface area contributed by atoms with Crippen molar-refractivity contribution in [3.05, 3.63) is 59.2 Å². The molecule has 5 rings (SSSR count). The van der Waals surface area contributed by atoms with Crippen molar-refractivity contribution >= 4 is 23.0 Å². The molecular formula is C24H28N6O3. The summed E-state index contributed by atoms with van der Waals surface area (Å²) < 4.78 is 7.03. The lowest BCUT2D eigenvalue weighted by Gasteiger charge is -2.26. The highest BCUT2D eigenvalue weighted by molar-refractivity contribution is 6.06. The van der Waals surface area contributed by atoms with Crippen molar-refractivity contribution in [1.29, 1.82) is 0 Å². The van der Waals surface area contributed by atoms with Gasteiger partial charge in [-0.05, 0) is 43.5 Å². The summed E-state index contributed by atoms with van der Waals surface area (Å²) in [5.74, 6) is -0.785. The number of ether oxygens (including phenoxy) is 1. The first-order chi connectivity index (χ1) is 16.1. The molecule has 0 radical (unpaired) electrons. The number of hydrogen-bond acceptors (Lipinski definition) is 6. The van der Waals surface area contributed by atoms with Gasteiger partial charge in [0.2, 0.25) is 5.91 Å². The summed E-state index contributed by atoms with van der Waals surface area (Å²) in [4.78, 5) is 32.6. The van der Waals surface area contributed by atoms with E-state index in [1.165, 1.54) is 6.33 Å². The topological polar surface area (TPSA) is 101 Å². The zero-order chi connectivity index (χ0) is 22.8. The van der Waals surface area contributed by atoms with E-state index >= 15 is 0 Å². The smallest absolute Gasteiger partial charge is 0.253 e. The molecule has 0 bridgehead atoms. The van der Waals surface area contributed by atoms with Crippen molar-refractivity contribution < 1.29 is 14.3 Å². The number of nitrogens with one attached hydrogen (secondary N) is 2. The van der Waals surface area contributed by atoms with E-state index in [0.717, 1.165) is 62.5 Å². The van der Waals surface area contributed by atoms with E-state index in [0.29, 0.717) is 23.3 Å². The van der Waals surface area contributed by atoms with Gasteiger partial charge in [-0.25, -0.2) is 9.50 Å². The molecule has 9 nitrogen and oxygen atoms in total. The number of para-hydroxylation sites is 1. The summed E-state index contributed by atoms with van der Waals surface area (Å²) in [6.07, 6.45) is 5.10. The van der Waals surface area contributed by atoms with E-state index in [1.54, 1.807) is 10.7 Å². The fraction of sp³-hybridized carbons (Fsp3) is 0.417. The number of amides is 2. The molecule has 0 spiro atoms. The summed E-state index contributed by atoms with van der Waals surface area (Å²) in [5, 5.41) is 10.3. The van der Waals surface area contributed by atoms with Crippen molar-refractivity contribution in [2.24, 2.45) is 0 Å². The van der Waals surface area contributed by atoms with Crippen LogP contribution in [0.15, 0.2) is 36.8 Å². The second-order valence-electron chi connectivity index (χ2n) is 8.53. The van der Waals surface area contributed by atoms with E-state index in [1.807, 2.05) is 31.2 Å². The number of aryl methyl sites for hydroxylation is 1. The first-order valence-corrected chi connectivity index (χ1v) is 11.4. The number of carbonyl (C=O) groups excluding carboxylic acids is 2. The number of anilines is 1. The normalized spacial score (nSPS) is 18.3. The summed E-state index contributed by atoms with van der Waals surface area (Å²) >= 11 is 0. The predicted molar refractivity (Wildman–Crippen MR) is 123 cm³/mol. The number of morpholine rings is 1. The van der Waals surface area contributed by atoms with Gasteiger partial charge < -0.3 is 15.4 Å². The summed E-state index contributed by atoms with van der Waals surface area (Å²) in [7, 11) is 0. The Balaban J connectivity index is 1.30. The summed E-state index contributed by atoms with van der Waals surface area (Å²) in [6, 6.07) is 7.62. The predicted octanol–water partition coefficient (Wildman–Crippen LogP) is 1.96. The first kappa shape index (κ1) is 21.5. The maximum atomic E-state index is 12.9. The first-order valence-electron chi connectivity index (χ1n) is 11.4. The van der Waals surface area contributed by atoms with E-state index in [2.05, 4.69) is 25.6 Å². The van der Waals surface area contributed by atoms with Crippen LogP contribution in [0.25, 0.3) is 5.52 Å². The lowest BCUT2D eigenvalue weighted by molar-refractivity contribution is -0.116. The van der Waals surface area contributed by atoms with Crippen LogP contribution in [0.2, 0.25) is 0 Å². The molecule has 0 saturated carbocycles. The van der Waals surface area contributed by atoms with Gasteiger partial charge in [0.25, 0.3) is 5.91 Å². The van der Waals surface area contributed by atoms with Crippen LogP contribution >= 0.6 is 0 Å². The van der Waals surface area contributed by atoms with Crippen molar-refractivity contribution in [3.63, 3.8) is 0 Å². The molecule has 1 atom stereocenters. The van der Waals surface area contributed by atoms with Crippen LogP contribution < -0.4 is 10.6 Å². The van der Waals surface area contributed by atoms with Gasteiger partial charge in [0.05, 0.1) is 30.0 Å². The molecule has 1 unspecified atom stereocenters. The molecule has 33 heavy (non-hydrogen) atoms. The second-order valence-corrected chi connectivity index (χ2v) is 8.53. The van der Waals surface area contributed by atoms with E-state index < -0.39 is 5.92 Å². The number of unbranched alkanes of at least 4 members (excludes halogenated alkanes) is 1. The average Bonchev–Trinajstić information content (AvgIpc) is 3.35. The van der Waals surface area contributed by atoms with Gasteiger partial charge in [-0.15, -0.1) is 0 Å². The van der Waals surface area contributed by atoms with Crippen molar-refractivity contribution in [1.82, 2.24) is 24.8 Å². The van der Waals surface area contributed by atoms with E-state index in [9.17, 15) is 9.59 Å². The van der Waals surface area contributed by atoms with Gasteiger partial charge in [-0.1, -0.05) is 18.2 Å². The average molecular weight is 449 g/mol. The third-order valence-electron chi connectivity index (χ3n) is 6.46. The Bertz CT molecular complexity index is 1180. The number of rotatable bonds is 7. The largest absolute Gasteiger partial charge is 0.379 e. The zero-order valence-electron chi connectivity index (χ0n) is 18.7. The lowest BCUT2D eigenvalue weighted by Crippen LogP contribution is -2.37. The van der Waals surface area contributed by atoms with Crippen molar-refractivity contribution in [2.45, 2.75) is 25.7 Å². The molecule has 2 aliphatic heterocycles. The molecule has 4 heterocycles. The number of nitrogens with zero attached hydrogens (tertiary/aromatic N) is 4. The molecule has 9 heteroatoms. The number of benzene rings is 1. The molecule has 2 amide bonds. The van der Waals surface area contributed by atoms with Crippen molar-refractivity contribution in [3.8, 4) is 0 Å². The fourth-order valence-corrected chi connectivity index (χ4v) is 4.69. The second kappa shape index (κ2) is 9.29. The summed E-state index contributed by atoms with van der Waals surface area (Å²) in [5.41, 5.74) is 4.31. The van der Waals surface area contributed by atoms with Gasteiger partial charge in [-0.2, -0.15) is 5.10 Å². The summed E-state index contributed by atoms with van der Waals surface area (Å²) in [6.45, 7) is 7.10. The molecule has 2 N–H and O–H groups in total. The van der Waals surface area contributed by atoms with Crippen LogP contribution in [0.3, 0.4) is 0 Å². The molecule has 2 aromatic heterocycles.